The normalized spacial score (nSPS) is 12.2. The lowest BCUT2D eigenvalue weighted by Gasteiger charge is -2.06. The van der Waals surface area contributed by atoms with Crippen LogP contribution in [0, 0.1) is 10.1 Å². The highest BCUT2D eigenvalue weighted by Gasteiger charge is 2.22. The van der Waals surface area contributed by atoms with E-state index in [2.05, 4.69) is 5.10 Å². The second-order valence-corrected chi connectivity index (χ2v) is 3.57. The van der Waals surface area contributed by atoms with Crippen LogP contribution in [0.3, 0.4) is 0 Å². The van der Waals surface area contributed by atoms with Crippen molar-refractivity contribution in [3.63, 3.8) is 0 Å². The van der Waals surface area contributed by atoms with Gasteiger partial charge in [-0.2, -0.15) is 4.68 Å². The van der Waals surface area contributed by atoms with Crippen LogP contribution in [0.1, 0.15) is 19.4 Å². The number of carbonyl (C=O) groups is 1. The van der Waals surface area contributed by atoms with E-state index in [0.29, 0.717) is 0 Å². The third kappa shape index (κ3) is 2.67. The second kappa shape index (κ2) is 4.90. The van der Waals surface area contributed by atoms with E-state index in [0.717, 1.165) is 0 Å². The number of rotatable bonds is 4. The lowest BCUT2D eigenvalue weighted by Crippen LogP contribution is -2.31. The number of carbonyl (C=O) groups excluding carboxylic acids is 1. The van der Waals surface area contributed by atoms with E-state index >= 15 is 0 Å². The average molecular weight is 248 g/mol. The highest BCUT2D eigenvalue weighted by atomic mass is 35.5. The Morgan fingerprint density at radius 2 is 2.50 bits per heavy atom. The van der Waals surface area contributed by atoms with Gasteiger partial charge in [0.2, 0.25) is 5.91 Å². The highest BCUT2D eigenvalue weighted by Crippen LogP contribution is 2.24. The molecule has 0 fully saturated rings. The van der Waals surface area contributed by atoms with Crippen molar-refractivity contribution in [1.82, 2.24) is 15.2 Å². The van der Waals surface area contributed by atoms with E-state index in [1.54, 1.807) is 6.92 Å². The first-order valence-corrected chi connectivity index (χ1v) is 4.72. The predicted octanol–water partition coefficient (Wildman–Crippen LogP) is 0.386. The van der Waals surface area contributed by atoms with Crippen LogP contribution in [0.2, 0.25) is 5.02 Å². The zero-order valence-electron chi connectivity index (χ0n) is 8.38. The van der Waals surface area contributed by atoms with Crippen molar-refractivity contribution in [2.75, 3.05) is 0 Å². The number of nitrogens with two attached hydrogens (primary N) is 1. The van der Waals surface area contributed by atoms with Gasteiger partial charge in [0, 0.05) is 0 Å². The number of hydrogen-bond donors (Lipinski definition) is 2. The predicted molar refractivity (Wildman–Crippen MR) is 55.5 cm³/mol. The van der Waals surface area contributed by atoms with Crippen molar-refractivity contribution < 1.29 is 9.72 Å². The van der Waals surface area contributed by atoms with Gasteiger partial charge in [0.1, 0.15) is 0 Å². The number of amides is 1. The van der Waals surface area contributed by atoms with E-state index in [4.69, 9.17) is 17.4 Å². The van der Waals surface area contributed by atoms with Crippen molar-refractivity contribution in [2.24, 2.45) is 5.84 Å². The van der Waals surface area contributed by atoms with Crippen molar-refractivity contribution in [3.8, 4) is 0 Å². The molecule has 0 aliphatic carbocycles. The third-order valence-corrected chi connectivity index (χ3v) is 2.20. The molecule has 1 aromatic heterocycles. The fraction of sp³-hybridized carbons (Fsp3) is 0.429. The molecule has 0 aromatic carbocycles. The maximum atomic E-state index is 11.0. The summed E-state index contributed by atoms with van der Waals surface area (Å²) in [7, 11) is 0. The number of hydrazine groups is 1. The van der Waals surface area contributed by atoms with Gasteiger partial charge in [-0.15, -0.1) is 0 Å². The molecule has 88 valence electrons. The summed E-state index contributed by atoms with van der Waals surface area (Å²) in [5.41, 5.74) is 1.96. The molecule has 0 saturated heterocycles. The maximum Gasteiger partial charge on any atom is 0.408 e. The topological polar surface area (TPSA) is 116 Å². The van der Waals surface area contributed by atoms with Gasteiger partial charge in [0.15, 0.2) is 5.02 Å². The Morgan fingerprint density at radius 3 is 2.94 bits per heavy atom. The van der Waals surface area contributed by atoms with Gasteiger partial charge < -0.3 is 10.1 Å². The van der Waals surface area contributed by atoms with Gasteiger partial charge in [0.05, 0.1) is 23.8 Å². The zero-order valence-corrected chi connectivity index (χ0v) is 9.14. The Bertz CT molecular complexity index is 418. The fourth-order valence-corrected chi connectivity index (χ4v) is 1.34. The molecule has 1 heterocycles. The summed E-state index contributed by atoms with van der Waals surface area (Å²) >= 11 is 5.60. The van der Waals surface area contributed by atoms with Crippen LogP contribution < -0.4 is 11.3 Å². The molecule has 0 spiro atoms. The molecule has 1 unspecified atom stereocenters. The van der Waals surface area contributed by atoms with Gasteiger partial charge >= 0.3 is 5.82 Å². The van der Waals surface area contributed by atoms with Crippen molar-refractivity contribution >= 4 is 23.3 Å². The quantitative estimate of drug-likeness (QED) is 0.345. The fourth-order valence-electron chi connectivity index (χ4n) is 1.13. The van der Waals surface area contributed by atoms with Crippen molar-refractivity contribution in [1.29, 1.82) is 0 Å². The van der Waals surface area contributed by atoms with E-state index < -0.39 is 10.7 Å². The number of halogens is 1. The molecule has 1 amide bonds. The average Bonchev–Trinajstić information content (AvgIpc) is 2.60. The summed E-state index contributed by atoms with van der Waals surface area (Å²) in [4.78, 5) is 20.8. The van der Waals surface area contributed by atoms with Gasteiger partial charge in [-0.05, 0) is 11.8 Å². The molecule has 1 aromatic rings. The molecule has 0 aliphatic rings. The number of nitrogens with one attached hydrogen (secondary N) is 1. The van der Waals surface area contributed by atoms with E-state index in [-0.39, 0.29) is 23.4 Å². The SMILES string of the molecule is CC(CC(=O)NN)n1cc(Cl)c([N+](=O)[O-])n1. The first kappa shape index (κ1) is 12.4. The van der Waals surface area contributed by atoms with E-state index in [1.807, 2.05) is 5.43 Å². The number of aromatic nitrogens is 2. The van der Waals surface area contributed by atoms with Gasteiger partial charge in [0.25, 0.3) is 0 Å². The summed E-state index contributed by atoms with van der Waals surface area (Å²) in [6.45, 7) is 1.67. The minimum absolute atomic E-state index is 0.0612. The summed E-state index contributed by atoms with van der Waals surface area (Å²) in [5.74, 6) is 4.10. The Balaban J connectivity index is 2.84. The van der Waals surface area contributed by atoms with Gasteiger partial charge in [-0.3, -0.25) is 10.2 Å². The lowest BCUT2D eigenvalue weighted by molar-refractivity contribution is -0.389. The summed E-state index contributed by atoms with van der Waals surface area (Å²) in [6.07, 6.45) is 1.36. The molecule has 0 aliphatic heterocycles. The van der Waals surface area contributed by atoms with Crippen LogP contribution in [-0.2, 0) is 4.79 Å². The first-order valence-electron chi connectivity index (χ1n) is 4.34. The molecule has 9 heteroatoms. The molecule has 8 nitrogen and oxygen atoms in total. The molecule has 0 saturated carbocycles. The Morgan fingerprint density at radius 1 is 1.88 bits per heavy atom. The van der Waals surface area contributed by atoms with Crippen LogP contribution in [0.5, 0.6) is 0 Å². The smallest absolute Gasteiger partial charge is 0.358 e. The molecular weight excluding hydrogens is 238 g/mol. The van der Waals surface area contributed by atoms with E-state index in [1.165, 1.54) is 10.9 Å². The van der Waals surface area contributed by atoms with Crippen LogP contribution in [0.4, 0.5) is 5.82 Å². The maximum absolute atomic E-state index is 11.0. The molecule has 16 heavy (non-hydrogen) atoms. The number of nitro groups is 1. The van der Waals surface area contributed by atoms with Crippen molar-refractivity contribution in [2.45, 2.75) is 19.4 Å². The third-order valence-electron chi connectivity index (χ3n) is 1.94. The summed E-state index contributed by atoms with van der Waals surface area (Å²) in [6, 6.07) is -0.366. The Hall–Kier alpha value is -1.67. The molecular formula is C7H10ClN5O3. The van der Waals surface area contributed by atoms with Crippen LogP contribution in [0.25, 0.3) is 0 Å². The number of nitrogens with zero attached hydrogens (tertiary/aromatic N) is 3. The van der Waals surface area contributed by atoms with Crippen molar-refractivity contribution in [3.05, 3.63) is 21.3 Å². The summed E-state index contributed by atoms with van der Waals surface area (Å²) in [5, 5.41) is 14.1. The largest absolute Gasteiger partial charge is 0.408 e. The monoisotopic (exact) mass is 247 g/mol. The molecule has 1 rings (SSSR count). The van der Waals surface area contributed by atoms with Gasteiger partial charge in [-0.1, -0.05) is 11.6 Å². The molecule has 1 atom stereocenters. The van der Waals surface area contributed by atoms with Crippen LogP contribution in [-0.4, -0.2) is 20.6 Å². The number of hydrogen-bond acceptors (Lipinski definition) is 5. The lowest BCUT2D eigenvalue weighted by atomic mass is 10.2. The van der Waals surface area contributed by atoms with Crippen LogP contribution >= 0.6 is 11.6 Å². The minimum atomic E-state index is -0.686. The highest BCUT2D eigenvalue weighted by molar-refractivity contribution is 6.32. The molecule has 0 radical (unpaired) electrons. The molecule has 0 bridgehead atoms. The Kier molecular flexibility index (Phi) is 3.80. The zero-order chi connectivity index (χ0) is 12.3. The standard InChI is InChI=1S/C7H10ClN5O3/c1-4(2-6(14)10-9)12-3-5(8)7(11-12)13(15)16/h3-4H,2,9H2,1H3,(H,10,14). The van der Waals surface area contributed by atoms with Crippen LogP contribution in [0.15, 0.2) is 6.20 Å². The Labute approximate surface area is 95.5 Å². The minimum Gasteiger partial charge on any atom is -0.358 e. The van der Waals surface area contributed by atoms with E-state index in [9.17, 15) is 14.9 Å². The molecule has 3 N–H and O–H groups in total. The second-order valence-electron chi connectivity index (χ2n) is 3.16. The summed E-state index contributed by atoms with van der Waals surface area (Å²) < 4.78 is 1.26. The van der Waals surface area contributed by atoms with Gasteiger partial charge in [-0.25, -0.2) is 5.84 Å². The first-order chi connectivity index (χ1) is 7.45.